The zero-order chi connectivity index (χ0) is 15.3. The van der Waals surface area contributed by atoms with Gasteiger partial charge in [0.15, 0.2) is 0 Å². The quantitative estimate of drug-likeness (QED) is 0.826. The highest BCUT2D eigenvalue weighted by Gasteiger charge is 2.24. The number of rotatable bonds is 7. The molecule has 5 nitrogen and oxygen atoms in total. The Morgan fingerprint density at radius 3 is 2.55 bits per heavy atom. The zero-order valence-corrected chi connectivity index (χ0v) is 12.7. The number of nitrogens with zero attached hydrogens (tertiary/aromatic N) is 1. The molecule has 0 amide bonds. The maximum atomic E-state index is 13.8. The molecule has 0 aliphatic heterocycles. The highest BCUT2D eigenvalue weighted by Crippen LogP contribution is 2.19. The maximum Gasteiger partial charge on any atom is 0.245 e. The predicted molar refractivity (Wildman–Crippen MR) is 73.2 cm³/mol. The van der Waals surface area contributed by atoms with E-state index in [-0.39, 0.29) is 25.9 Å². The van der Waals surface area contributed by atoms with Crippen LogP contribution in [-0.4, -0.2) is 44.1 Å². The largest absolute Gasteiger partial charge is 0.392 e. The minimum atomic E-state index is -3.90. The van der Waals surface area contributed by atoms with Gasteiger partial charge in [-0.3, -0.25) is 0 Å². The van der Waals surface area contributed by atoms with Gasteiger partial charge in [-0.2, -0.15) is 4.31 Å². The molecule has 7 heteroatoms. The second-order valence-electron chi connectivity index (χ2n) is 4.67. The van der Waals surface area contributed by atoms with Gasteiger partial charge >= 0.3 is 0 Å². The molecule has 0 saturated heterocycles. The summed E-state index contributed by atoms with van der Waals surface area (Å²) in [4.78, 5) is -0.401. The predicted octanol–water partition coefficient (Wildman–Crippen LogP) is 1.36. The molecule has 1 N–H and O–H groups in total. The zero-order valence-electron chi connectivity index (χ0n) is 11.8. The minimum Gasteiger partial charge on any atom is -0.392 e. The molecule has 1 aromatic rings. The van der Waals surface area contributed by atoms with Crippen LogP contribution in [0.2, 0.25) is 0 Å². The van der Waals surface area contributed by atoms with Crippen LogP contribution < -0.4 is 0 Å². The molecule has 1 aromatic carbocycles. The molecule has 0 heterocycles. The monoisotopic (exact) mass is 305 g/mol. The average Bonchev–Trinajstić information content (AvgIpc) is 2.37. The van der Waals surface area contributed by atoms with Gasteiger partial charge in [-0.15, -0.1) is 0 Å². The van der Waals surface area contributed by atoms with Crippen molar-refractivity contribution in [3.63, 3.8) is 0 Å². The molecular formula is C13H20FNO4S. The maximum absolute atomic E-state index is 13.8. The fraction of sp³-hybridized carbons (Fsp3) is 0.538. The van der Waals surface area contributed by atoms with Gasteiger partial charge in [0.1, 0.15) is 10.7 Å². The van der Waals surface area contributed by atoms with E-state index in [1.54, 1.807) is 0 Å². The lowest BCUT2D eigenvalue weighted by atomic mass is 10.2. The van der Waals surface area contributed by atoms with Crippen LogP contribution in [0.1, 0.15) is 19.4 Å². The second-order valence-corrected chi connectivity index (χ2v) is 6.68. The van der Waals surface area contributed by atoms with Crippen LogP contribution in [0.5, 0.6) is 0 Å². The number of sulfonamides is 1. The average molecular weight is 305 g/mol. The lowest BCUT2D eigenvalue weighted by molar-refractivity contribution is 0.0737. The van der Waals surface area contributed by atoms with Crippen molar-refractivity contribution in [3.8, 4) is 0 Å². The van der Waals surface area contributed by atoms with E-state index in [0.29, 0.717) is 5.56 Å². The summed E-state index contributed by atoms with van der Waals surface area (Å²) in [5.41, 5.74) is 0.326. The van der Waals surface area contributed by atoms with Crippen molar-refractivity contribution >= 4 is 10.0 Å². The van der Waals surface area contributed by atoms with Gasteiger partial charge in [0, 0.05) is 13.6 Å². The molecule has 0 aliphatic rings. The Hall–Kier alpha value is -1.02. The summed E-state index contributed by atoms with van der Waals surface area (Å²) in [5.74, 6) is -0.867. The summed E-state index contributed by atoms with van der Waals surface area (Å²) >= 11 is 0. The van der Waals surface area contributed by atoms with E-state index in [4.69, 9.17) is 9.84 Å². The summed E-state index contributed by atoms with van der Waals surface area (Å²) in [7, 11) is -2.52. The van der Waals surface area contributed by atoms with E-state index >= 15 is 0 Å². The van der Waals surface area contributed by atoms with Crippen LogP contribution >= 0.6 is 0 Å². The summed E-state index contributed by atoms with van der Waals surface area (Å²) in [6.45, 7) is 3.74. The molecule has 114 valence electrons. The number of aliphatic hydroxyl groups is 1. The second kappa shape index (κ2) is 7.12. The SMILES string of the molecule is CC(C)OCCN(C)S(=O)(=O)c1ccc(CO)cc1F. The fourth-order valence-electron chi connectivity index (χ4n) is 1.56. The van der Waals surface area contributed by atoms with E-state index in [1.165, 1.54) is 13.1 Å². The molecule has 0 unspecified atom stereocenters. The third kappa shape index (κ3) is 4.24. The van der Waals surface area contributed by atoms with Gasteiger partial charge < -0.3 is 9.84 Å². The standard InChI is InChI=1S/C13H20FNO4S/c1-10(2)19-7-6-15(3)20(17,18)13-5-4-11(9-16)8-12(13)14/h4-5,8,10,16H,6-7,9H2,1-3H3. The summed E-state index contributed by atoms with van der Waals surface area (Å²) in [6, 6.07) is 3.57. The van der Waals surface area contributed by atoms with Crippen molar-refractivity contribution < 1.29 is 22.7 Å². The Balaban J connectivity index is 2.87. The first-order valence-corrected chi connectivity index (χ1v) is 7.70. The Bertz CT molecular complexity index is 545. The van der Waals surface area contributed by atoms with Crippen molar-refractivity contribution in [2.45, 2.75) is 31.5 Å². The lowest BCUT2D eigenvalue weighted by Gasteiger charge is -2.18. The van der Waals surface area contributed by atoms with E-state index in [1.807, 2.05) is 13.8 Å². The first kappa shape index (κ1) is 17.0. The van der Waals surface area contributed by atoms with Crippen molar-refractivity contribution in [1.29, 1.82) is 0 Å². The molecule has 1 rings (SSSR count). The summed E-state index contributed by atoms with van der Waals surface area (Å²) in [6.07, 6.45) is 0.00618. The first-order valence-electron chi connectivity index (χ1n) is 6.26. The molecular weight excluding hydrogens is 285 g/mol. The summed E-state index contributed by atoms with van der Waals surface area (Å²) in [5, 5.41) is 8.89. The molecule has 0 saturated carbocycles. The van der Waals surface area contributed by atoms with E-state index in [2.05, 4.69) is 0 Å². The molecule has 0 spiro atoms. The van der Waals surface area contributed by atoms with Crippen molar-refractivity contribution in [2.75, 3.05) is 20.2 Å². The van der Waals surface area contributed by atoms with Crippen molar-refractivity contribution in [3.05, 3.63) is 29.6 Å². The highest BCUT2D eigenvalue weighted by atomic mass is 32.2. The van der Waals surface area contributed by atoms with Crippen molar-refractivity contribution in [1.82, 2.24) is 4.31 Å². The van der Waals surface area contributed by atoms with Crippen LogP contribution in [0.4, 0.5) is 4.39 Å². The van der Waals surface area contributed by atoms with Gasteiger partial charge in [0.25, 0.3) is 0 Å². The van der Waals surface area contributed by atoms with Gasteiger partial charge in [0.05, 0.1) is 19.3 Å². The van der Waals surface area contributed by atoms with Crippen LogP contribution in [0.3, 0.4) is 0 Å². The number of hydrogen-bond acceptors (Lipinski definition) is 4. The first-order chi connectivity index (χ1) is 9.28. The fourth-order valence-corrected chi connectivity index (χ4v) is 2.75. The number of halogens is 1. The van der Waals surface area contributed by atoms with E-state index in [0.717, 1.165) is 16.4 Å². The smallest absolute Gasteiger partial charge is 0.245 e. The number of hydrogen-bond donors (Lipinski definition) is 1. The van der Waals surface area contributed by atoms with Crippen molar-refractivity contribution in [2.24, 2.45) is 0 Å². The molecule has 0 fully saturated rings. The van der Waals surface area contributed by atoms with Crippen LogP contribution in [0, 0.1) is 5.82 Å². The third-order valence-electron chi connectivity index (χ3n) is 2.72. The minimum absolute atomic E-state index is 0.00618. The Labute approximate surface area is 119 Å². The lowest BCUT2D eigenvalue weighted by Crippen LogP contribution is -2.31. The molecule has 0 bridgehead atoms. The number of aliphatic hydroxyl groups excluding tert-OH is 1. The Kier molecular flexibility index (Phi) is 6.07. The number of benzene rings is 1. The van der Waals surface area contributed by atoms with E-state index in [9.17, 15) is 12.8 Å². The van der Waals surface area contributed by atoms with Crippen LogP contribution in [0.25, 0.3) is 0 Å². The van der Waals surface area contributed by atoms with Gasteiger partial charge in [-0.25, -0.2) is 12.8 Å². The van der Waals surface area contributed by atoms with Crippen LogP contribution in [-0.2, 0) is 21.4 Å². The molecule has 0 radical (unpaired) electrons. The summed E-state index contributed by atoms with van der Waals surface area (Å²) < 4.78 is 44.5. The highest BCUT2D eigenvalue weighted by molar-refractivity contribution is 7.89. The van der Waals surface area contributed by atoms with E-state index < -0.39 is 20.7 Å². The topological polar surface area (TPSA) is 66.8 Å². The molecule has 0 aromatic heterocycles. The van der Waals surface area contributed by atoms with Gasteiger partial charge in [-0.1, -0.05) is 6.07 Å². The molecule has 0 aliphatic carbocycles. The Morgan fingerprint density at radius 2 is 2.05 bits per heavy atom. The number of likely N-dealkylation sites (N-methyl/N-ethyl adjacent to an activating group) is 1. The molecule has 0 atom stereocenters. The normalized spacial score (nSPS) is 12.3. The number of ether oxygens (including phenoxy) is 1. The van der Waals surface area contributed by atoms with Gasteiger partial charge in [0.2, 0.25) is 10.0 Å². The van der Waals surface area contributed by atoms with Gasteiger partial charge in [-0.05, 0) is 31.5 Å². The third-order valence-corrected chi connectivity index (χ3v) is 4.61. The molecule has 20 heavy (non-hydrogen) atoms. The Morgan fingerprint density at radius 1 is 1.40 bits per heavy atom. The van der Waals surface area contributed by atoms with Crippen LogP contribution in [0.15, 0.2) is 23.1 Å².